The molecule has 0 amide bonds. The normalized spacial score (nSPS) is 11.4. The molecule has 0 radical (unpaired) electrons. The Labute approximate surface area is 141 Å². The van der Waals surface area contributed by atoms with Crippen molar-refractivity contribution in [2.24, 2.45) is 0 Å². The topological polar surface area (TPSA) is 6.48 Å². The second-order valence-electron chi connectivity index (χ2n) is 6.63. The van der Waals surface area contributed by atoms with E-state index in [9.17, 15) is 0 Å². The lowest BCUT2D eigenvalue weighted by Gasteiger charge is -2.25. The number of hydrogen-bond acceptors (Lipinski definition) is 2. The predicted molar refractivity (Wildman–Crippen MR) is 99.7 cm³/mol. The molecule has 2 aromatic rings. The van der Waals surface area contributed by atoms with Crippen molar-refractivity contribution in [2.45, 2.75) is 33.4 Å². The third-order valence-electron chi connectivity index (χ3n) is 4.25. The van der Waals surface area contributed by atoms with Gasteiger partial charge in [-0.15, -0.1) is 0 Å². The van der Waals surface area contributed by atoms with E-state index in [-0.39, 0.29) is 0 Å². The summed E-state index contributed by atoms with van der Waals surface area (Å²) in [6, 6.07) is 17.7. The molecule has 2 heteroatoms. The molecule has 0 unspecified atom stereocenters. The van der Waals surface area contributed by atoms with Crippen LogP contribution in [-0.4, -0.2) is 37.0 Å². The molecule has 0 saturated carbocycles. The van der Waals surface area contributed by atoms with Crippen molar-refractivity contribution in [3.05, 3.63) is 70.8 Å². The van der Waals surface area contributed by atoms with Crippen molar-refractivity contribution in [1.29, 1.82) is 0 Å². The van der Waals surface area contributed by atoms with Gasteiger partial charge in [-0.3, -0.25) is 4.90 Å². The van der Waals surface area contributed by atoms with Gasteiger partial charge in [-0.2, -0.15) is 0 Å². The van der Waals surface area contributed by atoms with E-state index in [1.165, 1.54) is 22.3 Å². The third-order valence-corrected chi connectivity index (χ3v) is 4.25. The molecule has 0 bridgehead atoms. The monoisotopic (exact) mass is 310 g/mol. The van der Waals surface area contributed by atoms with Gasteiger partial charge in [-0.25, -0.2) is 0 Å². The summed E-state index contributed by atoms with van der Waals surface area (Å²) in [6.45, 7) is 8.60. The standard InChI is InChI=1S/C21H30N2/c1-5-20-11-6-7-12-21(20)17-23(14-13-22(3)4)16-19-10-8-9-18(2)15-19/h6-12,15H,5,13-14,16-17H2,1-4H3. The van der Waals surface area contributed by atoms with Gasteiger partial charge >= 0.3 is 0 Å². The Morgan fingerprint density at radius 2 is 1.57 bits per heavy atom. The fourth-order valence-electron chi connectivity index (χ4n) is 2.92. The average Bonchev–Trinajstić information content (AvgIpc) is 2.53. The first-order valence-corrected chi connectivity index (χ1v) is 8.58. The summed E-state index contributed by atoms with van der Waals surface area (Å²) in [7, 11) is 4.29. The molecular formula is C21H30N2. The molecule has 2 nitrogen and oxygen atoms in total. The first-order valence-electron chi connectivity index (χ1n) is 8.58. The van der Waals surface area contributed by atoms with E-state index < -0.39 is 0 Å². The molecule has 0 aliphatic carbocycles. The Morgan fingerprint density at radius 1 is 0.826 bits per heavy atom. The van der Waals surface area contributed by atoms with Gasteiger partial charge < -0.3 is 4.90 Å². The van der Waals surface area contributed by atoms with Crippen LogP contribution in [0.5, 0.6) is 0 Å². The van der Waals surface area contributed by atoms with Gasteiger partial charge in [0.1, 0.15) is 0 Å². The van der Waals surface area contributed by atoms with Crippen LogP contribution in [0.1, 0.15) is 29.2 Å². The summed E-state index contributed by atoms with van der Waals surface area (Å²) < 4.78 is 0. The molecule has 23 heavy (non-hydrogen) atoms. The Morgan fingerprint density at radius 3 is 2.22 bits per heavy atom. The summed E-state index contributed by atoms with van der Waals surface area (Å²) in [5.41, 5.74) is 5.66. The molecular weight excluding hydrogens is 280 g/mol. The Bertz CT molecular complexity index is 604. The quantitative estimate of drug-likeness (QED) is 0.723. The highest BCUT2D eigenvalue weighted by atomic mass is 15.2. The zero-order chi connectivity index (χ0) is 16.7. The molecule has 0 atom stereocenters. The summed E-state index contributed by atoms with van der Waals surface area (Å²) in [5, 5.41) is 0. The highest BCUT2D eigenvalue weighted by Crippen LogP contribution is 2.15. The van der Waals surface area contributed by atoms with Crippen molar-refractivity contribution >= 4 is 0 Å². The zero-order valence-corrected chi connectivity index (χ0v) is 15.0. The first kappa shape index (κ1) is 17.7. The van der Waals surface area contributed by atoms with E-state index >= 15 is 0 Å². The van der Waals surface area contributed by atoms with Crippen molar-refractivity contribution < 1.29 is 0 Å². The summed E-state index contributed by atoms with van der Waals surface area (Å²) in [6.07, 6.45) is 1.10. The van der Waals surface area contributed by atoms with E-state index in [0.29, 0.717) is 0 Å². The molecule has 0 N–H and O–H groups in total. The summed E-state index contributed by atoms with van der Waals surface area (Å²) >= 11 is 0. The Hall–Kier alpha value is -1.64. The van der Waals surface area contributed by atoms with Crippen molar-refractivity contribution in [1.82, 2.24) is 9.80 Å². The molecule has 0 saturated heterocycles. The second-order valence-corrected chi connectivity index (χ2v) is 6.63. The van der Waals surface area contributed by atoms with Gasteiger partial charge in [-0.1, -0.05) is 61.0 Å². The van der Waals surface area contributed by atoms with Gasteiger partial charge in [0.25, 0.3) is 0 Å². The number of nitrogens with zero attached hydrogens (tertiary/aromatic N) is 2. The lowest BCUT2D eigenvalue weighted by atomic mass is 10.0. The average molecular weight is 310 g/mol. The van der Waals surface area contributed by atoms with Crippen LogP contribution >= 0.6 is 0 Å². The maximum absolute atomic E-state index is 2.56. The summed E-state index contributed by atoms with van der Waals surface area (Å²) in [5.74, 6) is 0. The number of benzene rings is 2. The lowest BCUT2D eigenvalue weighted by Crippen LogP contribution is -2.31. The minimum absolute atomic E-state index is 1.01. The fraction of sp³-hybridized carbons (Fsp3) is 0.429. The molecule has 2 aromatic carbocycles. The largest absolute Gasteiger partial charge is 0.308 e. The first-order chi connectivity index (χ1) is 11.1. The molecule has 0 aliphatic rings. The molecule has 0 heterocycles. The van der Waals surface area contributed by atoms with E-state index in [1.54, 1.807) is 0 Å². The number of rotatable bonds is 8. The van der Waals surface area contributed by atoms with Crippen LogP contribution in [0.25, 0.3) is 0 Å². The molecule has 0 spiro atoms. The SMILES string of the molecule is CCc1ccccc1CN(CCN(C)C)Cc1cccc(C)c1. The third kappa shape index (κ3) is 5.81. The maximum Gasteiger partial charge on any atom is 0.0240 e. The summed E-state index contributed by atoms with van der Waals surface area (Å²) in [4.78, 5) is 4.82. The van der Waals surface area contributed by atoms with Crippen LogP contribution < -0.4 is 0 Å². The minimum Gasteiger partial charge on any atom is -0.308 e. The predicted octanol–water partition coefficient (Wildman–Crippen LogP) is 4.12. The van der Waals surface area contributed by atoms with Crippen molar-refractivity contribution in [2.75, 3.05) is 27.2 Å². The van der Waals surface area contributed by atoms with Crippen LogP contribution in [0.15, 0.2) is 48.5 Å². The van der Waals surface area contributed by atoms with Crippen LogP contribution in [0.3, 0.4) is 0 Å². The van der Waals surface area contributed by atoms with Gasteiger partial charge in [0.2, 0.25) is 0 Å². The second kappa shape index (κ2) is 8.85. The van der Waals surface area contributed by atoms with Crippen LogP contribution in [-0.2, 0) is 19.5 Å². The van der Waals surface area contributed by atoms with Gasteiger partial charge in [0, 0.05) is 26.2 Å². The van der Waals surface area contributed by atoms with Crippen molar-refractivity contribution in [3.8, 4) is 0 Å². The molecule has 0 aliphatic heterocycles. The smallest absolute Gasteiger partial charge is 0.0240 e. The van der Waals surface area contributed by atoms with E-state index in [0.717, 1.165) is 32.6 Å². The van der Waals surface area contributed by atoms with E-state index in [1.807, 2.05) is 0 Å². The maximum atomic E-state index is 2.56. The van der Waals surface area contributed by atoms with Crippen LogP contribution in [0.4, 0.5) is 0 Å². The van der Waals surface area contributed by atoms with Crippen LogP contribution in [0.2, 0.25) is 0 Å². The Kier molecular flexibility index (Phi) is 6.82. The molecule has 2 rings (SSSR count). The molecule has 0 aromatic heterocycles. The number of hydrogen-bond donors (Lipinski definition) is 0. The zero-order valence-electron chi connectivity index (χ0n) is 15.0. The van der Waals surface area contributed by atoms with Gasteiger partial charge in [0.15, 0.2) is 0 Å². The number of aryl methyl sites for hydroxylation is 2. The highest BCUT2D eigenvalue weighted by Gasteiger charge is 2.10. The van der Waals surface area contributed by atoms with Crippen molar-refractivity contribution in [3.63, 3.8) is 0 Å². The molecule has 124 valence electrons. The molecule has 0 fully saturated rings. The number of likely N-dealkylation sites (N-methyl/N-ethyl adjacent to an activating group) is 1. The lowest BCUT2D eigenvalue weighted by molar-refractivity contribution is 0.225. The highest BCUT2D eigenvalue weighted by molar-refractivity contribution is 5.27. The van der Waals surface area contributed by atoms with Gasteiger partial charge in [0.05, 0.1) is 0 Å². The van der Waals surface area contributed by atoms with Crippen LogP contribution in [0, 0.1) is 6.92 Å². The van der Waals surface area contributed by atoms with E-state index in [4.69, 9.17) is 0 Å². The minimum atomic E-state index is 1.01. The van der Waals surface area contributed by atoms with Gasteiger partial charge in [-0.05, 0) is 44.1 Å². The Balaban J connectivity index is 2.13. The fourth-order valence-corrected chi connectivity index (χ4v) is 2.92. The van der Waals surface area contributed by atoms with E-state index in [2.05, 4.69) is 86.3 Å².